The lowest BCUT2D eigenvalue weighted by Gasteiger charge is -2.03. The molecule has 0 amide bonds. The predicted molar refractivity (Wildman–Crippen MR) is 65.8 cm³/mol. The van der Waals surface area contributed by atoms with Gasteiger partial charge in [-0.25, -0.2) is 0 Å². The second-order valence-corrected chi connectivity index (χ2v) is 4.53. The summed E-state index contributed by atoms with van der Waals surface area (Å²) in [6, 6.07) is 8.47. The standard InChI is InChI=1S/C12H13BrN2/c1-8-4-6-10(7-5-8)12-11(13)9(2)14-15(12)3/h4-7H,1-3H3. The Morgan fingerprint density at radius 3 is 2.20 bits per heavy atom. The number of aromatic nitrogens is 2. The molecular weight excluding hydrogens is 252 g/mol. The van der Waals surface area contributed by atoms with Gasteiger partial charge in [0, 0.05) is 12.6 Å². The van der Waals surface area contributed by atoms with E-state index >= 15 is 0 Å². The van der Waals surface area contributed by atoms with Crippen LogP contribution in [0.1, 0.15) is 11.3 Å². The van der Waals surface area contributed by atoms with Gasteiger partial charge in [0.25, 0.3) is 0 Å². The summed E-state index contributed by atoms with van der Waals surface area (Å²) in [4.78, 5) is 0. The Balaban J connectivity index is 2.58. The summed E-state index contributed by atoms with van der Waals surface area (Å²) >= 11 is 3.57. The number of halogens is 1. The van der Waals surface area contributed by atoms with Crippen LogP contribution >= 0.6 is 15.9 Å². The van der Waals surface area contributed by atoms with Gasteiger partial charge in [0.2, 0.25) is 0 Å². The Morgan fingerprint density at radius 1 is 1.13 bits per heavy atom. The first-order valence-corrected chi connectivity index (χ1v) is 5.65. The molecule has 2 rings (SSSR count). The van der Waals surface area contributed by atoms with Crippen LogP contribution in [0.5, 0.6) is 0 Å². The van der Waals surface area contributed by atoms with Gasteiger partial charge < -0.3 is 0 Å². The van der Waals surface area contributed by atoms with Gasteiger partial charge in [-0.2, -0.15) is 5.10 Å². The van der Waals surface area contributed by atoms with E-state index in [9.17, 15) is 0 Å². The molecule has 0 radical (unpaired) electrons. The molecule has 0 atom stereocenters. The van der Waals surface area contributed by atoms with Crippen LogP contribution in [-0.2, 0) is 7.05 Å². The van der Waals surface area contributed by atoms with Crippen molar-refractivity contribution in [1.82, 2.24) is 9.78 Å². The minimum atomic E-state index is 1.02. The number of hydrogen-bond acceptors (Lipinski definition) is 1. The molecule has 2 nitrogen and oxygen atoms in total. The van der Waals surface area contributed by atoms with Crippen molar-refractivity contribution in [2.45, 2.75) is 13.8 Å². The molecule has 1 aromatic carbocycles. The van der Waals surface area contributed by atoms with E-state index in [2.05, 4.69) is 52.2 Å². The molecule has 1 aromatic heterocycles. The van der Waals surface area contributed by atoms with Gasteiger partial charge in [0.1, 0.15) is 0 Å². The molecule has 2 aromatic rings. The third-order valence-electron chi connectivity index (χ3n) is 2.47. The molecular formula is C12H13BrN2. The van der Waals surface area contributed by atoms with Crippen molar-refractivity contribution in [2.75, 3.05) is 0 Å². The fourth-order valence-corrected chi connectivity index (χ4v) is 2.22. The summed E-state index contributed by atoms with van der Waals surface area (Å²) in [5, 5.41) is 4.38. The zero-order chi connectivity index (χ0) is 11.0. The maximum atomic E-state index is 4.38. The highest BCUT2D eigenvalue weighted by molar-refractivity contribution is 9.10. The van der Waals surface area contributed by atoms with Crippen LogP contribution in [-0.4, -0.2) is 9.78 Å². The molecule has 0 aliphatic heterocycles. The fourth-order valence-electron chi connectivity index (χ4n) is 1.66. The molecule has 3 heteroatoms. The highest BCUT2D eigenvalue weighted by atomic mass is 79.9. The lowest BCUT2D eigenvalue weighted by Crippen LogP contribution is -1.93. The zero-order valence-electron chi connectivity index (χ0n) is 9.08. The third kappa shape index (κ3) is 1.84. The number of benzene rings is 1. The lowest BCUT2D eigenvalue weighted by atomic mass is 10.1. The van der Waals surface area contributed by atoms with Crippen molar-refractivity contribution >= 4 is 15.9 Å². The summed E-state index contributed by atoms with van der Waals surface area (Å²) < 4.78 is 2.98. The summed E-state index contributed by atoms with van der Waals surface area (Å²) in [6.07, 6.45) is 0. The number of aryl methyl sites for hydroxylation is 3. The van der Waals surface area contributed by atoms with Crippen molar-refractivity contribution in [3.8, 4) is 11.3 Å². The van der Waals surface area contributed by atoms with Crippen LogP contribution in [0.3, 0.4) is 0 Å². The molecule has 0 fully saturated rings. The van der Waals surface area contributed by atoms with E-state index in [1.165, 1.54) is 11.1 Å². The van der Waals surface area contributed by atoms with Crippen LogP contribution in [0, 0.1) is 13.8 Å². The summed E-state index contributed by atoms with van der Waals surface area (Å²) in [5.41, 5.74) is 4.62. The molecule has 0 aliphatic rings. The normalized spacial score (nSPS) is 10.7. The fraction of sp³-hybridized carbons (Fsp3) is 0.250. The van der Waals surface area contributed by atoms with E-state index in [-0.39, 0.29) is 0 Å². The molecule has 0 unspecified atom stereocenters. The average Bonchev–Trinajstić information content (AvgIpc) is 2.44. The first-order valence-electron chi connectivity index (χ1n) is 4.85. The van der Waals surface area contributed by atoms with Crippen molar-refractivity contribution in [3.05, 3.63) is 40.0 Å². The molecule has 15 heavy (non-hydrogen) atoms. The van der Waals surface area contributed by atoms with Crippen LogP contribution in [0.2, 0.25) is 0 Å². The monoisotopic (exact) mass is 264 g/mol. The van der Waals surface area contributed by atoms with E-state index in [0.29, 0.717) is 0 Å². The first kappa shape index (κ1) is 10.4. The van der Waals surface area contributed by atoms with Crippen molar-refractivity contribution in [3.63, 3.8) is 0 Å². The van der Waals surface area contributed by atoms with Crippen LogP contribution < -0.4 is 0 Å². The van der Waals surface area contributed by atoms with Gasteiger partial charge in [0.05, 0.1) is 15.9 Å². The van der Waals surface area contributed by atoms with E-state index in [1.807, 2.05) is 18.7 Å². The van der Waals surface area contributed by atoms with E-state index < -0.39 is 0 Å². The second-order valence-electron chi connectivity index (χ2n) is 3.74. The van der Waals surface area contributed by atoms with Crippen molar-refractivity contribution < 1.29 is 0 Å². The number of hydrogen-bond donors (Lipinski definition) is 0. The highest BCUT2D eigenvalue weighted by Gasteiger charge is 2.11. The van der Waals surface area contributed by atoms with E-state index in [0.717, 1.165) is 15.9 Å². The number of nitrogens with zero attached hydrogens (tertiary/aromatic N) is 2. The topological polar surface area (TPSA) is 17.8 Å². The predicted octanol–water partition coefficient (Wildman–Crippen LogP) is 3.47. The zero-order valence-corrected chi connectivity index (χ0v) is 10.7. The SMILES string of the molecule is Cc1ccc(-c2c(Br)c(C)nn2C)cc1. The first-order chi connectivity index (χ1) is 7.09. The molecule has 0 bridgehead atoms. The number of rotatable bonds is 1. The Hall–Kier alpha value is -1.09. The van der Waals surface area contributed by atoms with Gasteiger partial charge in [-0.3, -0.25) is 4.68 Å². The molecule has 0 saturated carbocycles. The van der Waals surface area contributed by atoms with Crippen LogP contribution in [0.4, 0.5) is 0 Å². The van der Waals surface area contributed by atoms with Gasteiger partial charge in [0.15, 0.2) is 0 Å². The minimum Gasteiger partial charge on any atom is -0.266 e. The van der Waals surface area contributed by atoms with Crippen LogP contribution in [0.15, 0.2) is 28.7 Å². The van der Waals surface area contributed by atoms with Crippen LogP contribution in [0.25, 0.3) is 11.3 Å². The van der Waals surface area contributed by atoms with Gasteiger partial charge in [-0.15, -0.1) is 0 Å². The Kier molecular flexibility index (Phi) is 2.65. The minimum absolute atomic E-state index is 1.02. The largest absolute Gasteiger partial charge is 0.266 e. The molecule has 0 saturated heterocycles. The van der Waals surface area contributed by atoms with Gasteiger partial charge in [-0.1, -0.05) is 29.8 Å². The molecule has 0 spiro atoms. The van der Waals surface area contributed by atoms with Crippen molar-refractivity contribution in [2.24, 2.45) is 7.05 Å². The maximum absolute atomic E-state index is 4.38. The summed E-state index contributed by atoms with van der Waals surface area (Å²) in [5.74, 6) is 0. The Labute approximate surface area is 98.1 Å². The molecule has 78 valence electrons. The molecule has 0 aliphatic carbocycles. The van der Waals surface area contributed by atoms with E-state index in [1.54, 1.807) is 0 Å². The van der Waals surface area contributed by atoms with Gasteiger partial charge in [-0.05, 0) is 29.8 Å². The summed E-state index contributed by atoms with van der Waals surface area (Å²) in [7, 11) is 1.97. The smallest absolute Gasteiger partial charge is 0.0824 e. The third-order valence-corrected chi connectivity index (χ3v) is 3.42. The Bertz CT molecular complexity index is 483. The van der Waals surface area contributed by atoms with E-state index in [4.69, 9.17) is 0 Å². The quantitative estimate of drug-likeness (QED) is 0.772. The lowest BCUT2D eigenvalue weighted by molar-refractivity contribution is 0.764. The Morgan fingerprint density at radius 2 is 1.73 bits per heavy atom. The maximum Gasteiger partial charge on any atom is 0.0824 e. The summed E-state index contributed by atoms with van der Waals surface area (Å²) in [6.45, 7) is 4.09. The van der Waals surface area contributed by atoms with Crippen molar-refractivity contribution in [1.29, 1.82) is 0 Å². The average molecular weight is 265 g/mol. The highest BCUT2D eigenvalue weighted by Crippen LogP contribution is 2.30. The molecule has 0 N–H and O–H groups in total. The molecule has 1 heterocycles. The van der Waals surface area contributed by atoms with Gasteiger partial charge >= 0.3 is 0 Å². The second kappa shape index (κ2) is 3.81.